The largest absolute Gasteiger partial charge is 0.346 e. The average Bonchev–Trinajstić information content (AvgIpc) is 3.27. The standard InChI is InChI=1S/C17H14N6O2S/c1-9-5-12(14-10(2)23-25-16(14)21-9)15(24)20-6-11-8-26-17(22-11)13-7-18-3-4-19-13/h3-5,7-8H,6H2,1-2H3,(H,20,24). The maximum atomic E-state index is 12.7. The van der Waals surface area contributed by atoms with Gasteiger partial charge in [0.2, 0.25) is 0 Å². The van der Waals surface area contributed by atoms with E-state index in [0.717, 1.165) is 10.7 Å². The Kier molecular flexibility index (Phi) is 4.13. The molecular formula is C17H14N6O2S. The van der Waals surface area contributed by atoms with E-state index in [4.69, 9.17) is 4.52 Å². The minimum absolute atomic E-state index is 0.221. The van der Waals surface area contributed by atoms with Crippen molar-refractivity contribution in [2.24, 2.45) is 0 Å². The van der Waals surface area contributed by atoms with E-state index >= 15 is 0 Å². The van der Waals surface area contributed by atoms with Gasteiger partial charge in [0.1, 0.15) is 10.7 Å². The molecule has 1 amide bonds. The van der Waals surface area contributed by atoms with Crippen LogP contribution < -0.4 is 5.32 Å². The summed E-state index contributed by atoms with van der Waals surface area (Å²) < 4.78 is 5.17. The number of nitrogens with one attached hydrogen (secondary N) is 1. The molecule has 26 heavy (non-hydrogen) atoms. The van der Waals surface area contributed by atoms with Gasteiger partial charge in [0.15, 0.2) is 0 Å². The number of fused-ring (bicyclic) bond motifs is 1. The maximum absolute atomic E-state index is 12.7. The van der Waals surface area contributed by atoms with Crippen LogP contribution in [-0.2, 0) is 6.54 Å². The van der Waals surface area contributed by atoms with Crippen LogP contribution in [0.3, 0.4) is 0 Å². The molecule has 130 valence electrons. The van der Waals surface area contributed by atoms with E-state index in [1.165, 1.54) is 11.3 Å². The monoisotopic (exact) mass is 366 g/mol. The van der Waals surface area contributed by atoms with Crippen molar-refractivity contribution in [3.8, 4) is 10.7 Å². The van der Waals surface area contributed by atoms with Gasteiger partial charge in [-0.3, -0.25) is 14.8 Å². The number of pyridine rings is 1. The number of carbonyl (C=O) groups excluding carboxylic acids is 1. The number of nitrogens with zero attached hydrogens (tertiary/aromatic N) is 5. The van der Waals surface area contributed by atoms with E-state index in [2.05, 4.69) is 30.4 Å². The van der Waals surface area contributed by atoms with Crippen molar-refractivity contribution in [1.29, 1.82) is 0 Å². The highest BCUT2D eigenvalue weighted by Gasteiger charge is 2.18. The third kappa shape index (κ3) is 3.04. The number of rotatable bonds is 4. The number of hydrogen-bond donors (Lipinski definition) is 1. The predicted molar refractivity (Wildman–Crippen MR) is 95.6 cm³/mol. The van der Waals surface area contributed by atoms with Gasteiger partial charge in [-0.05, 0) is 19.9 Å². The predicted octanol–water partition coefficient (Wildman–Crippen LogP) is 2.68. The van der Waals surface area contributed by atoms with Crippen molar-refractivity contribution in [3.63, 3.8) is 0 Å². The lowest BCUT2D eigenvalue weighted by molar-refractivity contribution is 0.0952. The minimum atomic E-state index is -0.221. The number of hydrogen-bond acceptors (Lipinski definition) is 8. The van der Waals surface area contributed by atoms with Crippen LogP contribution in [0, 0.1) is 13.8 Å². The molecule has 0 spiro atoms. The Balaban J connectivity index is 1.53. The SMILES string of the molecule is Cc1cc(C(=O)NCc2csc(-c3cnccn3)n2)c2c(C)noc2n1. The number of carbonyl (C=O) groups is 1. The Morgan fingerprint density at radius 1 is 1.27 bits per heavy atom. The summed E-state index contributed by atoms with van der Waals surface area (Å²) in [6.07, 6.45) is 4.89. The molecule has 0 aromatic carbocycles. The molecule has 4 heterocycles. The Morgan fingerprint density at radius 2 is 2.15 bits per heavy atom. The summed E-state index contributed by atoms with van der Waals surface area (Å²) in [5.41, 5.74) is 3.66. The van der Waals surface area contributed by atoms with Crippen molar-refractivity contribution in [1.82, 2.24) is 30.4 Å². The minimum Gasteiger partial charge on any atom is -0.346 e. The van der Waals surface area contributed by atoms with Gasteiger partial charge in [-0.25, -0.2) is 9.97 Å². The van der Waals surface area contributed by atoms with Crippen molar-refractivity contribution in [3.05, 3.63) is 52.7 Å². The van der Waals surface area contributed by atoms with Crippen molar-refractivity contribution >= 4 is 28.3 Å². The van der Waals surface area contributed by atoms with E-state index in [-0.39, 0.29) is 5.91 Å². The van der Waals surface area contributed by atoms with Gasteiger partial charge in [0.25, 0.3) is 11.6 Å². The van der Waals surface area contributed by atoms with Gasteiger partial charge in [0.05, 0.1) is 35.1 Å². The van der Waals surface area contributed by atoms with Gasteiger partial charge in [-0.15, -0.1) is 11.3 Å². The van der Waals surface area contributed by atoms with Gasteiger partial charge in [0, 0.05) is 23.5 Å². The fourth-order valence-corrected chi connectivity index (χ4v) is 3.36. The molecule has 4 aromatic rings. The highest BCUT2D eigenvalue weighted by atomic mass is 32.1. The third-order valence-electron chi connectivity index (χ3n) is 3.75. The van der Waals surface area contributed by atoms with E-state index in [9.17, 15) is 4.79 Å². The van der Waals surface area contributed by atoms with Crippen molar-refractivity contribution < 1.29 is 9.32 Å². The molecule has 8 nitrogen and oxygen atoms in total. The molecule has 0 saturated carbocycles. The first-order valence-electron chi connectivity index (χ1n) is 7.84. The van der Waals surface area contributed by atoms with Crippen LogP contribution >= 0.6 is 11.3 Å². The van der Waals surface area contributed by atoms with Crippen LogP contribution in [-0.4, -0.2) is 31.0 Å². The van der Waals surface area contributed by atoms with Crippen LogP contribution in [0.25, 0.3) is 21.8 Å². The second-order valence-electron chi connectivity index (χ2n) is 5.68. The second kappa shape index (κ2) is 6.60. The molecule has 0 unspecified atom stereocenters. The number of aryl methyl sites for hydroxylation is 2. The summed E-state index contributed by atoms with van der Waals surface area (Å²) >= 11 is 1.46. The van der Waals surface area contributed by atoms with Gasteiger partial charge < -0.3 is 9.84 Å². The number of thiazole rings is 1. The second-order valence-corrected chi connectivity index (χ2v) is 6.53. The van der Waals surface area contributed by atoms with E-state index in [1.54, 1.807) is 31.6 Å². The van der Waals surface area contributed by atoms with Crippen LogP contribution in [0.15, 0.2) is 34.6 Å². The molecule has 0 aliphatic rings. The molecule has 0 atom stereocenters. The number of amides is 1. The first-order valence-corrected chi connectivity index (χ1v) is 8.72. The van der Waals surface area contributed by atoms with E-state index in [0.29, 0.717) is 40.3 Å². The van der Waals surface area contributed by atoms with Crippen LogP contribution in [0.1, 0.15) is 27.4 Å². The zero-order valence-corrected chi connectivity index (χ0v) is 14.9. The summed E-state index contributed by atoms with van der Waals surface area (Å²) in [5.74, 6) is -0.221. The average molecular weight is 366 g/mol. The molecule has 0 bridgehead atoms. The summed E-state index contributed by atoms with van der Waals surface area (Å²) in [4.78, 5) is 29.7. The Labute approximate surface area is 152 Å². The van der Waals surface area contributed by atoms with Crippen LogP contribution in [0.5, 0.6) is 0 Å². The molecule has 0 saturated heterocycles. The van der Waals surface area contributed by atoms with Crippen LogP contribution in [0.4, 0.5) is 0 Å². The zero-order valence-electron chi connectivity index (χ0n) is 14.1. The third-order valence-corrected chi connectivity index (χ3v) is 4.67. The lowest BCUT2D eigenvalue weighted by Gasteiger charge is -2.05. The molecule has 1 N–H and O–H groups in total. The molecule has 0 fully saturated rings. The highest BCUT2D eigenvalue weighted by Crippen LogP contribution is 2.23. The Bertz CT molecular complexity index is 1090. The zero-order chi connectivity index (χ0) is 18.1. The normalized spacial score (nSPS) is 11.0. The first-order chi connectivity index (χ1) is 12.6. The summed E-state index contributed by atoms with van der Waals surface area (Å²) in [6.45, 7) is 3.90. The van der Waals surface area contributed by atoms with E-state index in [1.807, 2.05) is 12.3 Å². The summed E-state index contributed by atoms with van der Waals surface area (Å²) in [6, 6.07) is 1.73. The first kappa shape index (κ1) is 16.3. The smallest absolute Gasteiger partial charge is 0.258 e. The molecule has 4 rings (SSSR count). The fourth-order valence-electron chi connectivity index (χ4n) is 2.58. The van der Waals surface area contributed by atoms with Crippen molar-refractivity contribution in [2.75, 3.05) is 0 Å². The quantitative estimate of drug-likeness (QED) is 0.592. The molecule has 4 aromatic heterocycles. The summed E-state index contributed by atoms with van der Waals surface area (Å²) in [7, 11) is 0. The Morgan fingerprint density at radius 3 is 2.96 bits per heavy atom. The highest BCUT2D eigenvalue weighted by molar-refractivity contribution is 7.13. The number of aromatic nitrogens is 5. The molecule has 9 heteroatoms. The molecular weight excluding hydrogens is 352 g/mol. The van der Waals surface area contributed by atoms with E-state index < -0.39 is 0 Å². The molecule has 0 aliphatic carbocycles. The summed E-state index contributed by atoms with van der Waals surface area (Å²) in [5, 5.41) is 10.1. The lowest BCUT2D eigenvalue weighted by atomic mass is 10.1. The Hall–Kier alpha value is -3.20. The van der Waals surface area contributed by atoms with Crippen molar-refractivity contribution in [2.45, 2.75) is 20.4 Å². The van der Waals surface area contributed by atoms with Gasteiger partial charge in [-0.1, -0.05) is 5.16 Å². The maximum Gasteiger partial charge on any atom is 0.258 e. The topological polar surface area (TPSA) is 107 Å². The lowest BCUT2D eigenvalue weighted by Crippen LogP contribution is -2.23. The molecule has 0 radical (unpaired) electrons. The van der Waals surface area contributed by atoms with Crippen LogP contribution in [0.2, 0.25) is 0 Å². The van der Waals surface area contributed by atoms with Gasteiger partial charge >= 0.3 is 0 Å². The fraction of sp³-hybridized carbons (Fsp3) is 0.176. The van der Waals surface area contributed by atoms with Gasteiger partial charge in [-0.2, -0.15) is 0 Å². The molecule has 0 aliphatic heterocycles.